The molecular weight excluding hydrogens is 228 g/mol. The standard InChI is InChI=1S/C14H16N2O2/c1-10(17-13-8-4-2-6-11(13)15)18-14-9-5-3-7-12(14)16/h2-10H,15-16H2,1H3. The van der Waals surface area contributed by atoms with Crippen molar-refractivity contribution < 1.29 is 9.47 Å². The van der Waals surface area contributed by atoms with Crippen LogP contribution in [0.4, 0.5) is 11.4 Å². The van der Waals surface area contributed by atoms with E-state index in [9.17, 15) is 0 Å². The first-order chi connectivity index (χ1) is 8.66. The molecule has 18 heavy (non-hydrogen) atoms. The van der Waals surface area contributed by atoms with E-state index >= 15 is 0 Å². The van der Waals surface area contributed by atoms with E-state index in [1.165, 1.54) is 0 Å². The minimum atomic E-state index is -0.473. The fraction of sp³-hybridized carbons (Fsp3) is 0.143. The largest absolute Gasteiger partial charge is 0.453 e. The Morgan fingerprint density at radius 2 is 1.17 bits per heavy atom. The minimum Gasteiger partial charge on any atom is -0.453 e. The summed E-state index contributed by atoms with van der Waals surface area (Å²) in [5.74, 6) is 1.19. The number of ether oxygens (including phenoxy) is 2. The van der Waals surface area contributed by atoms with Crippen LogP contribution in [-0.2, 0) is 0 Å². The molecule has 0 amide bonds. The van der Waals surface area contributed by atoms with Crippen LogP contribution in [0.15, 0.2) is 48.5 Å². The molecule has 0 bridgehead atoms. The maximum absolute atomic E-state index is 5.79. The Bertz CT molecular complexity index is 481. The van der Waals surface area contributed by atoms with E-state index in [0.717, 1.165) is 0 Å². The van der Waals surface area contributed by atoms with Crippen molar-refractivity contribution in [3.8, 4) is 11.5 Å². The van der Waals surface area contributed by atoms with Gasteiger partial charge in [-0.1, -0.05) is 24.3 Å². The van der Waals surface area contributed by atoms with Crippen LogP contribution in [0.2, 0.25) is 0 Å². The normalized spacial score (nSPS) is 10.3. The molecule has 94 valence electrons. The molecule has 0 heterocycles. The van der Waals surface area contributed by atoms with Gasteiger partial charge in [-0.2, -0.15) is 0 Å². The predicted molar refractivity (Wildman–Crippen MR) is 72.4 cm³/mol. The molecule has 2 aromatic carbocycles. The van der Waals surface area contributed by atoms with Crippen molar-refractivity contribution in [3.63, 3.8) is 0 Å². The molecule has 0 aliphatic carbocycles. The Morgan fingerprint density at radius 3 is 1.56 bits per heavy atom. The maximum atomic E-state index is 5.79. The quantitative estimate of drug-likeness (QED) is 0.640. The number of nitrogen functional groups attached to an aromatic ring is 2. The minimum absolute atomic E-state index is 0.473. The van der Waals surface area contributed by atoms with Crippen LogP contribution in [0.5, 0.6) is 11.5 Å². The molecule has 0 saturated heterocycles. The summed E-state index contributed by atoms with van der Waals surface area (Å²) in [7, 11) is 0. The number of benzene rings is 2. The van der Waals surface area contributed by atoms with Crippen LogP contribution >= 0.6 is 0 Å². The molecule has 0 fully saturated rings. The molecule has 0 saturated carbocycles. The Balaban J connectivity index is 2.04. The molecule has 0 spiro atoms. The highest BCUT2D eigenvalue weighted by Crippen LogP contribution is 2.24. The average molecular weight is 244 g/mol. The fourth-order valence-electron chi connectivity index (χ4n) is 1.56. The van der Waals surface area contributed by atoms with Crippen LogP contribution in [0.25, 0.3) is 0 Å². The van der Waals surface area contributed by atoms with Crippen molar-refractivity contribution in [1.82, 2.24) is 0 Å². The Morgan fingerprint density at radius 1 is 0.778 bits per heavy atom. The van der Waals surface area contributed by atoms with Crippen molar-refractivity contribution in [3.05, 3.63) is 48.5 Å². The molecule has 0 atom stereocenters. The zero-order valence-corrected chi connectivity index (χ0v) is 10.2. The van der Waals surface area contributed by atoms with Gasteiger partial charge in [0.25, 0.3) is 0 Å². The number of anilines is 2. The highest BCUT2D eigenvalue weighted by molar-refractivity contribution is 5.53. The van der Waals surface area contributed by atoms with Gasteiger partial charge in [0.05, 0.1) is 11.4 Å². The zero-order chi connectivity index (χ0) is 13.0. The summed E-state index contributed by atoms with van der Waals surface area (Å²) in [6.45, 7) is 1.79. The monoisotopic (exact) mass is 244 g/mol. The third-order valence-electron chi connectivity index (χ3n) is 2.42. The van der Waals surface area contributed by atoms with Crippen molar-refractivity contribution in [2.45, 2.75) is 13.2 Å². The number of hydrogen-bond acceptors (Lipinski definition) is 4. The first kappa shape index (κ1) is 12.1. The van der Waals surface area contributed by atoms with Gasteiger partial charge in [-0.25, -0.2) is 0 Å². The highest BCUT2D eigenvalue weighted by Gasteiger charge is 2.09. The topological polar surface area (TPSA) is 70.5 Å². The van der Waals surface area contributed by atoms with E-state index in [1.807, 2.05) is 24.3 Å². The second-order valence-corrected chi connectivity index (χ2v) is 3.88. The van der Waals surface area contributed by atoms with Gasteiger partial charge < -0.3 is 20.9 Å². The van der Waals surface area contributed by atoms with Gasteiger partial charge in [0.1, 0.15) is 11.5 Å². The van der Waals surface area contributed by atoms with Crippen molar-refractivity contribution in [2.75, 3.05) is 11.5 Å². The summed E-state index contributed by atoms with van der Waals surface area (Å²) < 4.78 is 11.2. The number of rotatable bonds is 4. The second kappa shape index (κ2) is 5.31. The van der Waals surface area contributed by atoms with Crippen molar-refractivity contribution in [2.24, 2.45) is 0 Å². The van der Waals surface area contributed by atoms with Gasteiger partial charge in [-0.15, -0.1) is 0 Å². The van der Waals surface area contributed by atoms with Gasteiger partial charge in [0.2, 0.25) is 6.29 Å². The third kappa shape index (κ3) is 2.85. The lowest BCUT2D eigenvalue weighted by atomic mass is 10.3. The molecule has 2 aromatic rings. The second-order valence-electron chi connectivity index (χ2n) is 3.88. The number of para-hydroxylation sites is 4. The van der Waals surface area contributed by atoms with Gasteiger partial charge in [-0.3, -0.25) is 0 Å². The van der Waals surface area contributed by atoms with E-state index in [-0.39, 0.29) is 0 Å². The Kier molecular flexibility index (Phi) is 3.57. The summed E-state index contributed by atoms with van der Waals surface area (Å²) in [5.41, 5.74) is 12.7. The highest BCUT2D eigenvalue weighted by atomic mass is 16.7. The molecule has 0 aromatic heterocycles. The van der Waals surface area contributed by atoms with Gasteiger partial charge in [-0.05, 0) is 24.3 Å². The Hall–Kier alpha value is -2.36. The SMILES string of the molecule is CC(Oc1ccccc1N)Oc1ccccc1N. The van der Waals surface area contributed by atoms with Crippen molar-refractivity contribution in [1.29, 1.82) is 0 Å². The van der Waals surface area contributed by atoms with Crippen LogP contribution < -0.4 is 20.9 Å². The molecule has 0 unspecified atom stereocenters. The lowest BCUT2D eigenvalue weighted by molar-refractivity contribution is 0.0235. The summed E-state index contributed by atoms with van der Waals surface area (Å²) >= 11 is 0. The first-order valence-electron chi connectivity index (χ1n) is 5.69. The van der Waals surface area contributed by atoms with Crippen molar-refractivity contribution >= 4 is 11.4 Å². The van der Waals surface area contributed by atoms with E-state index in [0.29, 0.717) is 22.9 Å². The molecule has 4 heteroatoms. The van der Waals surface area contributed by atoms with E-state index in [2.05, 4.69) is 0 Å². The van der Waals surface area contributed by atoms with Gasteiger partial charge >= 0.3 is 0 Å². The van der Waals surface area contributed by atoms with Gasteiger partial charge in [0, 0.05) is 6.92 Å². The summed E-state index contributed by atoms with van der Waals surface area (Å²) in [6, 6.07) is 14.6. The summed E-state index contributed by atoms with van der Waals surface area (Å²) in [6.07, 6.45) is -0.473. The predicted octanol–water partition coefficient (Wildman–Crippen LogP) is 2.65. The van der Waals surface area contributed by atoms with Crippen LogP contribution in [-0.4, -0.2) is 6.29 Å². The number of hydrogen-bond donors (Lipinski definition) is 2. The third-order valence-corrected chi connectivity index (χ3v) is 2.42. The number of nitrogens with two attached hydrogens (primary N) is 2. The summed E-state index contributed by atoms with van der Waals surface area (Å²) in [4.78, 5) is 0. The Labute approximate surface area is 106 Å². The first-order valence-corrected chi connectivity index (χ1v) is 5.69. The van der Waals surface area contributed by atoms with Crippen LogP contribution in [0, 0.1) is 0 Å². The lowest BCUT2D eigenvalue weighted by Crippen LogP contribution is -2.20. The lowest BCUT2D eigenvalue weighted by Gasteiger charge is -2.18. The molecule has 0 radical (unpaired) electrons. The zero-order valence-electron chi connectivity index (χ0n) is 10.2. The van der Waals surface area contributed by atoms with Crippen LogP contribution in [0.1, 0.15) is 6.92 Å². The molecule has 4 nitrogen and oxygen atoms in total. The molecule has 4 N–H and O–H groups in total. The maximum Gasteiger partial charge on any atom is 0.238 e. The molecule has 0 aliphatic rings. The molecular formula is C14H16N2O2. The van der Waals surface area contributed by atoms with E-state index in [1.54, 1.807) is 31.2 Å². The fourth-order valence-corrected chi connectivity index (χ4v) is 1.56. The van der Waals surface area contributed by atoms with Gasteiger partial charge in [0.15, 0.2) is 0 Å². The van der Waals surface area contributed by atoms with E-state index < -0.39 is 6.29 Å². The van der Waals surface area contributed by atoms with E-state index in [4.69, 9.17) is 20.9 Å². The average Bonchev–Trinajstić information content (AvgIpc) is 2.35. The molecule has 0 aliphatic heterocycles. The molecule has 2 rings (SSSR count). The smallest absolute Gasteiger partial charge is 0.238 e. The van der Waals surface area contributed by atoms with Crippen LogP contribution in [0.3, 0.4) is 0 Å². The summed E-state index contributed by atoms with van der Waals surface area (Å²) in [5, 5.41) is 0.